The molecule has 168 valence electrons. The van der Waals surface area contributed by atoms with Crippen LogP contribution in [0.3, 0.4) is 0 Å². The molecule has 2 aromatic carbocycles. The first-order chi connectivity index (χ1) is 14.6. The quantitative estimate of drug-likeness (QED) is 0.383. The molecule has 1 atom stereocenters. The van der Waals surface area contributed by atoms with Crippen LogP contribution in [0.25, 0.3) is 10.8 Å². The lowest BCUT2D eigenvalue weighted by atomic mass is 9.96. The van der Waals surface area contributed by atoms with Crippen molar-refractivity contribution >= 4 is 44.3 Å². The van der Waals surface area contributed by atoms with Gasteiger partial charge in [0.2, 0.25) is 0 Å². The van der Waals surface area contributed by atoms with Gasteiger partial charge in [-0.2, -0.15) is 13.2 Å². The SMILES string of the molecule is CC1CN(C(N)=NC2CCCCC2)c2ccc3c(Br)cccc3c21.O=C(O)C(F)(F)F. The van der Waals surface area contributed by atoms with Crippen molar-refractivity contribution in [3.8, 4) is 0 Å². The lowest BCUT2D eigenvalue weighted by molar-refractivity contribution is -0.192. The molecule has 3 N–H and O–H groups in total. The second-order valence-electron chi connectivity index (χ2n) is 7.93. The van der Waals surface area contributed by atoms with Crippen molar-refractivity contribution in [3.63, 3.8) is 0 Å². The van der Waals surface area contributed by atoms with Crippen LogP contribution in [0.15, 0.2) is 39.8 Å². The highest BCUT2D eigenvalue weighted by Gasteiger charge is 2.38. The van der Waals surface area contributed by atoms with E-state index in [1.807, 2.05) is 0 Å². The zero-order valence-corrected chi connectivity index (χ0v) is 18.7. The fraction of sp³-hybridized carbons (Fsp3) is 0.455. The molecule has 1 fully saturated rings. The van der Waals surface area contributed by atoms with E-state index in [0.717, 1.165) is 11.0 Å². The second-order valence-corrected chi connectivity index (χ2v) is 8.78. The van der Waals surface area contributed by atoms with Crippen molar-refractivity contribution < 1.29 is 23.1 Å². The summed E-state index contributed by atoms with van der Waals surface area (Å²) in [6.45, 7) is 3.20. The van der Waals surface area contributed by atoms with Gasteiger partial charge in [-0.25, -0.2) is 9.79 Å². The molecule has 4 rings (SSSR count). The van der Waals surface area contributed by atoms with Gasteiger partial charge in [-0.15, -0.1) is 0 Å². The summed E-state index contributed by atoms with van der Waals surface area (Å²) in [6.07, 6.45) is 1.19. The summed E-state index contributed by atoms with van der Waals surface area (Å²) in [6, 6.07) is 11.2. The van der Waals surface area contributed by atoms with E-state index in [2.05, 4.69) is 58.1 Å². The van der Waals surface area contributed by atoms with Crippen molar-refractivity contribution in [1.29, 1.82) is 0 Å². The maximum Gasteiger partial charge on any atom is 0.490 e. The molecular formula is C22H25BrF3N3O2. The number of fused-ring (bicyclic) bond motifs is 3. The van der Waals surface area contributed by atoms with Crippen molar-refractivity contribution in [2.24, 2.45) is 10.7 Å². The number of aliphatic carboxylic acids is 1. The Kier molecular flexibility index (Phi) is 7.13. The molecule has 1 heterocycles. The highest BCUT2D eigenvalue weighted by atomic mass is 79.9. The highest BCUT2D eigenvalue weighted by molar-refractivity contribution is 9.10. The van der Waals surface area contributed by atoms with E-state index in [-0.39, 0.29) is 0 Å². The normalized spacial score (nSPS) is 19.7. The number of guanidine groups is 1. The maximum absolute atomic E-state index is 10.6. The number of halogens is 4. The molecule has 0 aromatic heterocycles. The third kappa shape index (κ3) is 5.31. The van der Waals surface area contributed by atoms with Crippen LogP contribution in [0, 0.1) is 0 Å². The molecule has 2 aliphatic rings. The summed E-state index contributed by atoms with van der Waals surface area (Å²) >= 11 is 3.67. The predicted octanol–water partition coefficient (Wildman–Crippen LogP) is 5.81. The lowest BCUT2D eigenvalue weighted by Gasteiger charge is -2.23. The average Bonchev–Trinajstić information content (AvgIpc) is 3.06. The Morgan fingerprint density at radius 1 is 1.16 bits per heavy atom. The highest BCUT2D eigenvalue weighted by Crippen LogP contribution is 2.42. The van der Waals surface area contributed by atoms with Gasteiger partial charge >= 0.3 is 12.1 Å². The van der Waals surface area contributed by atoms with Gasteiger partial charge in [-0.05, 0) is 41.3 Å². The maximum atomic E-state index is 10.6. The minimum absolute atomic E-state index is 0.410. The van der Waals surface area contributed by atoms with Gasteiger partial charge in [0.15, 0.2) is 5.96 Å². The van der Waals surface area contributed by atoms with E-state index in [0.29, 0.717) is 17.9 Å². The number of alkyl halides is 3. The predicted molar refractivity (Wildman–Crippen MR) is 120 cm³/mol. The van der Waals surface area contributed by atoms with Gasteiger partial charge in [0, 0.05) is 22.6 Å². The zero-order valence-electron chi connectivity index (χ0n) is 17.1. The Morgan fingerprint density at radius 2 is 1.81 bits per heavy atom. The summed E-state index contributed by atoms with van der Waals surface area (Å²) < 4.78 is 32.9. The molecule has 31 heavy (non-hydrogen) atoms. The minimum Gasteiger partial charge on any atom is -0.475 e. The van der Waals surface area contributed by atoms with Gasteiger partial charge in [-0.1, -0.05) is 60.3 Å². The Labute approximate surface area is 187 Å². The Balaban J connectivity index is 0.000000339. The molecule has 1 unspecified atom stereocenters. The molecule has 2 aromatic rings. The molecule has 0 saturated heterocycles. The topological polar surface area (TPSA) is 78.9 Å². The summed E-state index contributed by atoms with van der Waals surface area (Å²) in [4.78, 5) is 16.0. The molecule has 1 saturated carbocycles. The molecule has 1 aliphatic carbocycles. The first-order valence-electron chi connectivity index (χ1n) is 10.2. The largest absolute Gasteiger partial charge is 0.490 e. The fourth-order valence-corrected chi connectivity index (χ4v) is 4.73. The number of carbonyl (C=O) groups is 1. The summed E-state index contributed by atoms with van der Waals surface area (Å²) in [5, 5.41) is 9.72. The smallest absolute Gasteiger partial charge is 0.475 e. The van der Waals surface area contributed by atoms with Gasteiger partial charge in [0.1, 0.15) is 0 Å². The van der Waals surface area contributed by atoms with E-state index < -0.39 is 12.1 Å². The minimum atomic E-state index is -5.08. The third-order valence-corrected chi connectivity index (χ3v) is 6.37. The van der Waals surface area contributed by atoms with E-state index >= 15 is 0 Å². The van der Waals surface area contributed by atoms with E-state index in [4.69, 9.17) is 20.6 Å². The molecule has 0 spiro atoms. The van der Waals surface area contributed by atoms with Crippen molar-refractivity contribution in [3.05, 3.63) is 40.4 Å². The number of nitrogens with zero attached hydrogens (tertiary/aromatic N) is 2. The van der Waals surface area contributed by atoms with Crippen molar-refractivity contribution in [2.45, 2.75) is 57.2 Å². The molecule has 5 nitrogen and oxygen atoms in total. The molecule has 0 radical (unpaired) electrons. The standard InChI is InChI=1S/C20H24BrN3.C2HF3O2/c1-13-12-24(20(22)23-14-6-3-2-4-7-14)18-11-10-15-16(19(13)18)8-5-9-17(15)21;3-2(4,5)1(6)7/h5,8-11,13-14H,2-4,6-7,12H2,1H3,(H2,22,23);(H,6,7). The zero-order chi connectivity index (χ0) is 22.8. The van der Waals surface area contributed by atoms with Crippen molar-refractivity contribution in [2.75, 3.05) is 11.4 Å². The van der Waals surface area contributed by atoms with E-state index in [1.165, 1.54) is 54.1 Å². The number of anilines is 1. The fourth-order valence-electron chi connectivity index (χ4n) is 4.23. The van der Waals surface area contributed by atoms with Crippen LogP contribution in [-0.2, 0) is 4.79 Å². The lowest BCUT2D eigenvalue weighted by Crippen LogP contribution is -2.37. The first-order valence-corrected chi connectivity index (χ1v) is 11.0. The number of carboxylic acid groups (broad SMARTS) is 1. The number of nitrogens with two attached hydrogens (primary N) is 1. The van der Waals surface area contributed by atoms with Gasteiger partial charge in [0.25, 0.3) is 0 Å². The number of carboxylic acids is 1. The van der Waals surface area contributed by atoms with Gasteiger partial charge < -0.3 is 15.7 Å². The van der Waals surface area contributed by atoms with Crippen LogP contribution in [-0.4, -0.2) is 35.8 Å². The molecule has 0 bridgehead atoms. The average molecular weight is 500 g/mol. The van der Waals surface area contributed by atoms with Crippen LogP contribution in [0.1, 0.15) is 50.5 Å². The number of aliphatic imine (C=N–C) groups is 1. The Bertz CT molecular complexity index is 988. The number of hydrogen-bond donors (Lipinski definition) is 2. The van der Waals surface area contributed by atoms with E-state index in [1.54, 1.807) is 0 Å². The van der Waals surface area contributed by atoms with Crippen LogP contribution in [0.5, 0.6) is 0 Å². The van der Waals surface area contributed by atoms with E-state index in [9.17, 15) is 13.2 Å². The van der Waals surface area contributed by atoms with Crippen molar-refractivity contribution in [1.82, 2.24) is 0 Å². The van der Waals surface area contributed by atoms with Crippen LogP contribution in [0.2, 0.25) is 0 Å². The number of rotatable bonds is 1. The molecular weight excluding hydrogens is 475 g/mol. The van der Waals surface area contributed by atoms with Crippen LogP contribution < -0.4 is 10.6 Å². The second kappa shape index (κ2) is 9.46. The molecule has 1 aliphatic heterocycles. The Hall–Kier alpha value is -2.29. The third-order valence-electron chi connectivity index (χ3n) is 5.68. The van der Waals surface area contributed by atoms with Gasteiger partial charge in [-0.3, -0.25) is 0 Å². The van der Waals surface area contributed by atoms with Crippen LogP contribution >= 0.6 is 15.9 Å². The Morgan fingerprint density at radius 3 is 2.42 bits per heavy atom. The van der Waals surface area contributed by atoms with Gasteiger partial charge in [0.05, 0.1) is 6.04 Å². The molecule has 9 heteroatoms. The van der Waals surface area contributed by atoms with Crippen LogP contribution in [0.4, 0.5) is 18.9 Å². The summed E-state index contributed by atoms with van der Waals surface area (Å²) in [5.74, 6) is -1.60. The monoisotopic (exact) mass is 499 g/mol. The first kappa shape index (κ1) is 23.4. The summed E-state index contributed by atoms with van der Waals surface area (Å²) in [7, 11) is 0. The molecule has 0 amide bonds. The summed E-state index contributed by atoms with van der Waals surface area (Å²) in [5.41, 5.74) is 9.05. The number of hydrogen-bond acceptors (Lipinski definition) is 2. The number of benzene rings is 2.